The molecule has 1 aromatic heterocycles. The van der Waals surface area contributed by atoms with Crippen molar-refractivity contribution in [3.63, 3.8) is 0 Å². The fourth-order valence-electron chi connectivity index (χ4n) is 0.923. The van der Waals surface area contributed by atoms with E-state index in [1.54, 1.807) is 13.8 Å². The Hall–Kier alpha value is -1.58. The first-order chi connectivity index (χ1) is 5.94. The van der Waals surface area contributed by atoms with Gasteiger partial charge in [-0.3, -0.25) is 9.59 Å². The van der Waals surface area contributed by atoms with E-state index in [-0.39, 0.29) is 5.56 Å². The molecular weight excluding hydrogens is 170 g/mol. The molecule has 0 fully saturated rings. The summed E-state index contributed by atoms with van der Waals surface area (Å²) in [5.41, 5.74) is -0.617. The summed E-state index contributed by atoms with van der Waals surface area (Å²) < 4.78 is 0. The monoisotopic (exact) mass is 181 g/mol. The van der Waals surface area contributed by atoms with Gasteiger partial charge in [-0.05, 0) is 19.4 Å². The summed E-state index contributed by atoms with van der Waals surface area (Å²) in [5, 5.41) is 8.87. The molecule has 1 rings (SSSR count). The Bertz CT molecular complexity index is 358. The van der Waals surface area contributed by atoms with Gasteiger partial charge in [-0.2, -0.15) is 0 Å². The van der Waals surface area contributed by atoms with Crippen LogP contribution >= 0.6 is 0 Å². The lowest BCUT2D eigenvalue weighted by atomic mass is 9.86. The summed E-state index contributed by atoms with van der Waals surface area (Å²) in [6.45, 7) is 3.17. The van der Waals surface area contributed by atoms with Crippen LogP contribution in [0.4, 0.5) is 0 Å². The minimum Gasteiger partial charge on any atom is -0.481 e. The zero-order valence-electron chi connectivity index (χ0n) is 7.50. The molecule has 4 nitrogen and oxygen atoms in total. The maximum Gasteiger partial charge on any atom is 0.313 e. The van der Waals surface area contributed by atoms with Gasteiger partial charge in [0, 0.05) is 12.3 Å². The predicted octanol–water partition coefficient (Wildman–Crippen LogP) is 0.737. The number of aromatic amines is 1. The van der Waals surface area contributed by atoms with Crippen LogP contribution in [0.15, 0.2) is 23.1 Å². The SMILES string of the molecule is CC(C)(C(=O)O)c1ccc(=O)[nH]c1. The zero-order chi connectivity index (χ0) is 10.1. The molecule has 0 amide bonds. The highest BCUT2D eigenvalue weighted by Crippen LogP contribution is 2.21. The van der Waals surface area contributed by atoms with Gasteiger partial charge in [-0.1, -0.05) is 6.07 Å². The summed E-state index contributed by atoms with van der Waals surface area (Å²) in [6, 6.07) is 2.84. The molecule has 70 valence electrons. The van der Waals surface area contributed by atoms with E-state index in [1.165, 1.54) is 18.3 Å². The first-order valence-electron chi connectivity index (χ1n) is 3.87. The summed E-state index contributed by atoms with van der Waals surface area (Å²) >= 11 is 0. The second kappa shape index (κ2) is 3.05. The first-order valence-corrected chi connectivity index (χ1v) is 3.87. The predicted molar refractivity (Wildman–Crippen MR) is 47.7 cm³/mol. The molecule has 0 atom stereocenters. The van der Waals surface area contributed by atoms with Crippen molar-refractivity contribution in [2.45, 2.75) is 19.3 Å². The van der Waals surface area contributed by atoms with E-state index in [1.807, 2.05) is 0 Å². The topological polar surface area (TPSA) is 70.2 Å². The van der Waals surface area contributed by atoms with Crippen LogP contribution < -0.4 is 5.56 Å². The number of carbonyl (C=O) groups is 1. The van der Waals surface area contributed by atoms with E-state index in [4.69, 9.17) is 5.11 Å². The van der Waals surface area contributed by atoms with E-state index in [0.29, 0.717) is 5.56 Å². The average Bonchev–Trinajstić information content (AvgIpc) is 2.04. The third kappa shape index (κ3) is 1.77. The van der Waals surface area contributed by atoms with Crippen molar-refractivity contribution in [1.29, 1.82) is 0 Å². The van der Waals surface area contributed by atoms with Gasteiger partial charge in [0.2, 0.25) is 5.56 Å². The number of hydrogen-bond donors (Lipinski definition) is 2. The van der Waals surface area contributed by atoms with Gasteiger partial charge in [0.25, 0.3) is 0 Å². The Balaban J connectivity index is 3.15. The minimum absolute atomic E-state index is 0.232. The molecule has 0 bridgehead atoms. The maximum atomic E-state index is 10.8. The third-order valence-corrected chi connectivity index (χ3v) is 2.04. The Morgan fingerprint density at radius 3 is 2.46 bits per heavy atom. The second-order valence-electron chi connectivity index (χ2n) is 3.37. The second-order valence-corrected chi connectivity index (χ2v) is 3.37. The van der Waals surface area contributed by atoms with E-state index in [9.17, 15) is 9.59 Å². The number of carboxylic acids is 1. The van der Waals surface area contributed by atoms with Gasteiger partial charge in [0.1, 0.15) is 0 Å². The Morgan fingerprint density at radius 1 is 1.46 bits per heavy atom. The lowest BCUT2D eigenvalue weighted by Crippen LogP contribution is -2.29. The van der Waals surface area contributed by atoms with Crippen LogP contribution in [0.25, 0.3) is 0 Å². The normalized spacial score (nSPS) is 11.2. The number of carboxylic acid groups (broad SMARTS) is 1. The van der Waals surface area contributed by atoms with Crippen LogP contribution in [0.5, 0.6) is 0 Å². The molecule has 4 heteroatoms. The molecule has 0 unspecified atom stereocenters. The summed E-state index contributed by atoms with van der Waals surface area (Å²) in [6.07, 6.45) is 1.43. The number of H-pyrrole nitrogens is 1. The zero-order valence-corrected chi connectivity index (χ0v) is 7.50. The molecule has 0 aliphatic carbocycles. The lowest BCUT2D eigenvalue weighted by Gasteiger charge is -2.18. The molecule has 1 heterocycles. The maximum absolute atomic E-state index is 10.8. The van der Waals surface area contributed by atoms with E-state index >= 15 is 0 Å². The number of pyridine rings is 1. The highest BCUT2D eigenvalue weighted by atomic mass is 16.4. The van der Waals surface area contributed by atoms with E-state index in [0.717, 1.165) is 0 Å². The average molecular weight is 181 g/mol. The lowest BCUT2D eigenvalue weighted by molar-refractivity contribution is -0.142. The number of nitrogens with one attached hydrogen (secondary N) is 1. The first kappa shape index (κ1) is 9.51. The van der Waals surface area contributed by atoms with Crippen molar-refractivity contribution in [2.75, 3.05) is 0 Å². The van der Waals surface area contributed by atoms with Crippen molar-refractivity contribution in [2.24, 2.45) is 0 Å². The Labute approximate surface area is 75.2 Å². The van der Waals surface area contributed by atoms with Crippen LogP contribution in [0, 0.1) is 0 Å². The molecular formula is C9H11NO3. The van der Waals surface area contributed by atoms with E-state index in [2.05, 4.69) is 4.98 Å². The van der Waals surface area contributed by atoms with Gasteiger partial charge in [0.05, 0.1) is 5.41 Å². The van der Waals surface area contributed by atoms with Crippen molar-refractivity contribution in [3.8, 4) is 0 Å². The largest absolute Gasteiger partial charge is 0.481 e. The van der Waals surface area contributed by atoms with E-state index < -0.39 is 11.4 Å². The van der Waals surface area contributed by atoms with Crippen LogP contribution in [-0.4, -0.2) is 16.1 Å². The molecule has 2 N–H and O–H groups in total. The van der Waals surface area contributed by atoms with Gasteiger partial charge < -0.3 is 10.1 Å². The minimum atomic E-state index is -0.968. The molecule has 0 aliphatic heterocycles. The van der Waals surface area contributed by atoms with Crippen LogP contribution in [-0.2, 0) is 10.2 Å². The summed E-state index contributed by atoms with van der Waals surface area (Å²) in [7, 11) is 0. The van der Waals surface area contributed by atoms with Gasteiger partial charge in [0.15, 0.2) is 0 Å². The summed E-state index contributed by atoms with van der Waals surface area (Å²) in [4.78, 5) is 24.0. The molecule has 0 radical (unpaired) electrons. The van der Waals surface area contributed by atoms with Gasteiger partial charge >= 0.3 is 5.97 Å². The van der Waals surface area contributed by atoms with Gasteiger partial charge in [-0.15, -0.1) is 0 Å². The number of rotatable bonds is 2. The van der Waals surface area contributed by atoms with Crippen molar-refractivity contribution in [1.82, 2.24) is 4.98 Å². The number of aromatic nitrogens is 1. The molecule has 1 aromatic rings. The quantitative estimate of drug-likeness (QED) is 0.706. The highest BCUT2D eigenvalue weighted by Gasteiger charge is 2.29. The highest BCUT2D eigenvalue weighted by molar-refractivity contribution is 5.80. The van der Waals surface area contributed by atoms with Crippen LogP contribution in [0.2, 0.25) is 0 Å². The van der Waals surface area contributed by atoms with Crippen LogP contribution in [0.1, 0.15) is 19.4 Å². The number of aliphatic carboxylic acids is 1. The molecule has 13 heavy (non-hydrogen) atoms. The molecule has 0 aromatic carbocycles. The standard InChI is InChI=1S/C9H11NO3/c1-9(2,8(12)13)6-3-4-7(11)10-5-6/h3-5H,1-2H3,(H,10,11)(H,12,13). The summed E-state index contributed by atoms with van der Waals surface area (Å²) in [5.74, 6) is -0.917. The fraction of sp³-hybridized carbons (Fsp3) is 0.333. The Morgan fingerprint density at radius 2 is 2.08 bits per heavy atom. The smallest absolute Gasteiger partial charge is 0.313 e. The van der Waals surface area contributed by atoms with Crippen molar-refractivity contribution in [3.05, 3.63) is 34.2 Å². The molecule has 0 saturated heterocycles. The number of hydrogen-bond acceptors (Lipinski definition) is 2. The molecule has 0 spiro atoms. The van der Waals surface area contributed by atoms with Gasteiger partial charge in [-0.25, -0.2) is 0 Å². The third-order valence-electron chi connectivity index (χ3n) is 2.04. The van der Waals surface area contributed by atoms with Crippen LogP contribution in [0.3, 0.4) is 0 Å². The molecule has 0 aliphatic rings. The van der Waals surface area contributed by atoms with Crippen molar-refractivity contribution >= 4 is 5.97 Å². The Kier molecular flexibility index (Phi) is 2.23. The molecule has 0 saturated carbocycles. The fourth-order valence-corrected chi connectivity index (χ4v) is 0.923. The van der Waals surface area contributed by atoms with Crippen molar-refractivity contribution < 1.29 is 9.90 Å².